The average molecular weight is 193 g/mol. The summed E-state index contributed by atoms with van der Waals surface area (Å²) in [4.78, 5) is 0. The summed E-state index contributed by atoms with van der Waals surface area (Å²) in [6.45, 7) is 2.25. The zero-order valence-corrected chi connectivity index (χ0v) is 7.54. The molecule has 0 aromatic carbocycles. The molecule has 46 valence electrons. The summed E-state index contributed by atoms with van der Waals surface area (Å²) in [5.41, 5.74) is 0. The molecule has 1 aliphatic heterocycles. The Bertz CT molecular complexity index is 98.7. The van der Waals surface area contributed by atoms with Crippen LogP contribution in [0.15, 0.2) is 9.88 Å². The number of hydrogen-bond donors (Lipinski definition) is 0. The molecule has 0 aromatic rings. The molecule has 0 atom stereocenters. The van der Waals surface area contributed by atoms with Gasteiger partial charge in [-0.3, -0.25) is 0 Å². The maximum atomic E-state index is 2.35. The fraction of sp³-hybridized carbons (Fsp3) is 0.667. The molecule has 0 saturated carbocycles. The van der Waals surface area contributed by atoms with E-state index in [9.17, 15) is 0 Å². The van der Waals surface area contributed by atoms with Crippen molar-refractivity contribution in [3.05, 3.63) is 9.88 Å². The van der Waals surface area contributed by atoms with Gasteiger partial charge in [-0.15, -0.1) is 0 Å². The quantitative estimate of drug-likeness (QED) is 0.575. The molecule has 0 fully saturated rings. The van der Waals surface area contributed by atoms with Crippen molar-refractivity contribution in [2.24, 2.45) is 0 Å². The van der Waals surface area contributed by atoms with Gasteiger partial charge < -0.3 is 0 Å². The van der Waals surface area contributed by atoms with Gasteiger partial charge >= 0.3 is 61.0 Å². The van der Waals surface area contributed by atoms with Crippen LogP contribution in [-0.4, -0.2) is 20.7 Å². The van der Waals surface area contributed by atoms with Gasteiger partial charge in [0.1, 0.15) is 0 Å². The second-order valence-corrected chi connectivity index (χ2v) is 5.20. The van der Waals surface area contributed by atoms with Crippen molar-refractivity contribution < 1.29 is 0 Å². The molecular weight excluding hydrogens is 183 g/mol. The van der Waals surface area contributed by atoms with Crippen LogP contribution >= 0.6 is 11.8 Å². The van der Waals surface area contributed by atoms with Crippen LogP contribution < -0.4 is 0 Å². The third-order valence-electron chi connectivity index (χ3n) is 1.05. The van der Waals surface area contributed by atoms with Crippen molar-refractivity contribution in [1.29, 1.82) is 0 Å². The van der Waals surface area contributed by atoms with Gasteiger partial charge in [0.2, 0.25) is 0 Å². The Hall–Kier alpha value is 0.609. The summed E-state index contributed by atoms with van der Waals surface area (Å²) < 4.78 is 1.70. The second kappa shape index (κ2) is 3.60. The fourth-order valence-electron chi connectivity index (χ4n) is 0.592. The van der Waals surface area contributed by atoms with Crippen LogP contribution in [0.2, 0.25) is 5.32 Å². The van der Waals surface area contributed by atoms with Crippen LogP contribution in [0.4, 0.5) is 0 Å². The summed E-state index contributed by atoms with van der Waals surface area (Å²) in [5, 5.41) is 3.81. The first-order valence-electron chi connectivity index (χ1n) is 2.87. The minimum absolute atomic E-state index is 0.861. The van der Waals surface area contributed by atoms with Crippen molar-refractivity contribution in [2.75, 3.05) is 5.75 Å². The molecule has 0 saturated heterocycles. The first-order valence-corrected chi connectivity index (χ1v) is 5.98. The number of hydrogen-bond acceptors (Lipinski definition) is 1. The number of thioether (sulfide) groups is 1. The molecule has 0 unspecified atom stereocenters. The van der Waals surface area contributed by atoms with Crippen molar-refractivity contribution in [1.82, 2.24) is 0 Å². The Kier molecular flexibility index (Phi) is 3.03. The summed E-state index contributed by atoms with van der Waals surface area (Å²) in [6.07, 6.45) is 1.28. The Morgan fingerprint density at radius 1 is 1.88 bits per heavy atom. The van der Waals surface area contributed by atoms with E-state index in [1.54, 1.807) is 4.47 Å². The van der Waals surface area contributed by atoms with Crippen LogP contribution in [0.5, 0.6) is 0 Å². The van der Waals surface area contributed by atoms with E-state index in [2.05, 4.69) is 12.3 Å². The van der Waals surface area contributed by atoms with Crippen LogP contribution in [-0.2, 0) is 0 Å². The van der Waals surface area contributed by atoms with Gasteiger partial charge in [-0.2, -0.15) is 0 Å². The van der Waals surface area contributed by atoms with Crippen molar-refractivity contribution in [2.45, 2.75) is 18.7 Å². The molecular formula is C6H10SSe. The summed E-state index contributed by atoms with van der Waals surface area (Å²) >= 11 is 2.84. The van der Waals surface area contributed by atoms with E-state index < -0.39 is 0 Å². The molecule has 0 nitrogen and oxygen atoms in total. The van der Waals surface area contributed by atoms with Crippen LogP contribution in [0.3, 0.4) is 0 Å². The zero-order chi connectivity index (χ0) is 5.82. The van der Waals surface area contributed by atoms with E-state index in [-0.39, 0.29) is 0 Å². The van der Waals surface area contributed by atoms with E-state index in [1.807, 2.05) is 11.8 Å². The predicted molar refractivity (Wildman–Crippen MR) is 41.4 cm³/mol. The molecule has 1 rings (SSSR count). The van der Waals surface area contributed by atoms with Gasteiger partial charge in [0, 0.05) is 0 Å². The van der Waals surface area contributed by atoms with Crippen LogP contribution in [0, 0.1) is 0 Å². The van der Waals surface area contributed by atoms with Crippen LogP contribution in [0.25, 0.3) is 0 Å². The Morgan fingerprint density at radius 3 is 3.12 bits per heavy atom. The minimum atomic E-state index is 0.861. The molecule has 0 aliphatic carbocycles. The normalized spacial score (nSPS) is 20.4. The first-order chi connectivity index (χ1) is 3.93. The van der Waals surface area contributed by atoms with Crippen molar-refractivity contribution in [3.8, 4) is 0 Å². The van der Waals surface area contributed by atoms with Crippen molar-refractivity contribution >= 4 is 26.7 Å². The van der Waals surface area contributed by atoms with Gasteiger partial charge in [0.05, 0.1) is 0 Å². The SMILES string of the molecule is CCC1=CSCC[Se]1. The maximum absolute atomic E-state index is 2.35. The fourth-order valence-corrected chi connectivity index (χ4v) is 4.28. The third-order valence-corrected chi connectivity index (χ3v) is 5.35. The molecule has 0 radical (unpaired) electrons. The molecule has 2 heteroatoms. The monoisotopic (exact) mass is 194 g/mol. The Morgan fingerprint density at radius 2 is 2.75 bits per heavy atom. The Labute approximate surface area is 61.3 Å². The summed E-state index contributed by atoms with van der Waals surface area (Å²) in [6, 6.07) is 0. The van der Waals surface area contributed by atoms with Gasteiger partial charge in [-0.05, 0) is 0 Å². The van der Waals surface area contributed by atoms with Gasteiger partial charge in [0.15, 0.2) is 0 Å². The van der Waals surface area contributed by atoms with E-state index in [4.69, 9.17) is 0 Å². The summed E-state index contributed by atoms with van der Waals surface area (Å²) in [5.74, 6) is 1.36. The molecule has 0 aromatic heterocycles. The second-order valence-electron chi connectivity index (χ2n) is 1.66. The molecule has 0 spiro atoms. The van der Waals surface area contributed by atoms with Crippen molar-refractivity contribution in [3.63, 3.8) is 0 Å². The number of allylic oxidation sites excluding steroid dienone is 1. The third kappa shape index (κ3) is 1.85. The zero-order valence-electron chi connectivity index (χ0n) is 5.02. The van der Waals surface area contributed by atoms with Crippen LogP contribution in [0.1, 0.15) is 13.3 Å². The van der Waals surface area contributed by atoms with Gasteiger partial charge in [-0.25, -0.2) is 0 Å². The van der Waals surface area contributed by atoms with E-state index >= 15 is 0 Å². The number of rotatable bonds is 1. The molecule has 8 heavy (non-hydrogen) atoms. The molecule has 0 amide bonds. The van der Waals surface area contributed by atoms with Gasteiger partial charge in [0.25, 0.3) is 0 Å². The van der Waals surface area contributed by atoms with E-state index in [1.165, 1.54) is 17.5 Å². The standard InChI is InChI=1S/C6H10SSe/c1-2-6-5-7-3-4-8-6/h5H,2-4H2,1H3. The predicted octanol–water partition coefficient (Wildman–Crippen LogP) is 2.11. The molecule has 0 bridgehead atoms. The Balaban J connectivity index is 2.37. The molecule has 1 aliphatic rings. The van der Waals surface area contributed by atoms with E-state index in [0.29, 0.717) is 0 Å². The first kappa shape index (κ1) is 6.73. The van der Waals surface area contributed by atoms with Gasteiger partial charge in [-0.1, -0.05) is 0 Å². The molecule has 1 heterocycles. The van der Waals surface area contributed by atoms with E-state index in [0.717, 1.165) is 15.0 Å². The topological polar surface area (TPSA) is 0 Å². The summed E-state index contributed by atoms with van der Waals surface area (Å²) in [7, 11) is 0. The molecule has 0 N–H and O–H groups in total. The average Bonchev–Trinajstić information content (AvgIpc) is 1.90.